The standard InChI is InChI=1S/C13H27NO2/c1-6-14(7-2)10-8-12(15)16-11-9-13(3,4)5/h6-11H2,1-5H3. The zero-order valence-corrected chi connectivity index (χ0v) is 11.5. The average molecular weight is 229 g/mol. The second kappa shape index (κ2) is 7.66. The molecule has 0 aliphatic carbocycles. The minimum Gasteiger partial charge on any atom is -0.466 e. The Morgan fingerprint density at radius 3 is 2.19 bits per heavy atom. The summed E-state index contributed by atoms with van der Waals surface area (Å²) >= 11 is 0. The molecule has 0 aliphatic heterocycles. The van der Waals surface area contributed by atoms with Crippen LogP contribution in [-0.2, 0) is 9.53 Å². The van der Waals surface area contributed by atoms with Gasteiger partial charge in [-0.3, -0.25) is 4.79 Å². The monoisotopic (exact) mass is 229 g/mol. The molecule has 96 valence electrons. The Hall–Kier alpha value is -0.570. The first-order valence-electron chi connectivity index (χ1n) is 6.27. The Labute approximate surface area is 100 Å². The molecule has 0 bridgehead atoms. The van der Waals surface area contributed by atoms with Crippen LogP contribution in [-0.4, -0.2) is 37.1 Å². The summed E-state index contributed by atoms with van der Waals surface area (Å²) in [6.07, 6.45) is 1.43. The molecule has 0 saturated carbocycles. The lowest BCUT2D eigenvalue weighted by atomic mass is 9.93. The molecular weight excluding hydrogens is 202 g/mol. The van der Waals surface area contributed by atoms with Crippen LogP contribution < -0.4 is 0 Å². The van der Waals surface area contributed by atoms with Gasteiger partial charge in [0.05, 0.1) is 13.0 Å². The molecule has 3 heteroatoms. The third-order valence-corrected chi connectivity index (χ3v) is 2.64. The quantitative estimate of drug-likeness (QED) is 0.629. The van der Waals surface area contributed by atoms with Crippen molar-refractivity contribution in [2.75, 3.05) is 26.2 Å². The van der Waals surface area contributed by atoms with Gasteiger partial charge >= 0.3 is 5.97 Å². The highest BCUT2D eigenvalue weighted by atomic mass is 16.5. The van der Waals surface area contributed by atoms with E-state index in [1.807, 2.05) is 0 Å². The zero-order valence-electron chi connectivity index (χ0n) is 11.5. The second-order valence-corrected chi connectivity index (χ2v) is 5.31. The van der Waals surface area contributed by atoms with Crippen LogP contribution in [0.2, 0.25) is 0 Å². The number of rotatable bonds is 7. The number of esters is 1. The van der Waals surface area contributed by atoms with Gasteiger partial charge < -0.3 is 9.64 Å². The number of carbonyl (C=O) groups is 1. The van der Waals surface area contributed by atoms with E-state index in [1.54, 1.807) is 0 Å². The van der Waals surface area contributed by atoms with Crippen molar-refractivity contribution in [2.24, 2.45) is 5.41 Å². The molecule has 0 atom stereocenters. The van der Waals surface area contributed by atoms with Crippen molar-refractivity contribution in [2.45, 2.75) is 47.5 Å². The summed E-state index contributed by atoms with van der Waals surface area (Å²) in [5.74, 6) is -0.0730. The summed E-state index contributed by atoms with van der Waals surface area (Å²) in [6, 6.07) is 0. The van der Waals surface area contributed by atoms with Crippen molar-refractivity contribution >= 4 is 5.97 Å². The van der Waals surface area contributed by atoms with Crippen LogP contribution in [0.15, 0.2) is 0 Å². The third-order valence-electron chi connectivity index (χ3n) is 2.64. The number of hydrogen-bond acceptors (Lipinski definition) is 3. The number of ether oxygens (including phenoxy) is 1. The van der Waals surface area contributed by atoms with E-state index in [9.17, 15) is 4.79 Å². The fourth-order valence-electron chi connectivity index (χ4n) is 1.33. The maximum absolute atomic E-state index is 11.4. The van der Waals surface area contributed by atoms with Gasteiger partial charge in [-0.25, -0.2) is 0 Å². The van der Waals surface area contributed by atoms with E-state index in [0.29, 0.717) is 13.0 Å². The highest BCUT2D eigenvalue weighted by molar-refractivity contribution is 5.69. The van der Waals surface area contributed by atoms with Gasteiger partial charge in [0.2, 0.25) is 0 Å². The van der Waals surface area contributed by atoms with Crippen LogP contribution in [0.1, 0.15) is 47.5 Å². The molecule has 0 heterocycles. The summed E-state index contributed by atoms with van der Waals surface area (Å²) < 4.78 is 5.19. The molecule has 0 N–H and O–H groups in total. The van der Waals surface area contributed by atoms with Gasteiger partial charge in [-0.1, -0.05) is 34.6 Å². The molecule has 0 radical (unpaired) electrons. The predicted molar refractivity (Wildman–Crippen MR) is 67.4 cm³/mol. The summed E-state index contributed by atoms with van der Waals surface area (Å²) in [6.45, 7) is 14.0. The Balaban J connectivity index is 3.59. The van der Waals surface area contributed by atoms with E-state index in [1.165, 1.54) is 0 Å². The van der Waals surface area contributed by atoms with Crippen LogP contribution in [0.3, 0.4) is 0 Å². The molecule has 0 saturated heterocycles. The maximum atomic E-state index is 11.4. The maximum Gasteiger partial charge on any atom is 0.307 e. The van der Waals surface area contributed by atoms with Gasteiger partial charge in [-0.15, -0.1) is 0 Å². The second-order valence-electron chi connectivity index (χ2n) is 5.31. The van der Waals surface area contributed by atoms with Gasteiger partial charge in [0, 0.05) is 6.54 Å². The van der Waals surface area contributed by atoms with Crippen molar-refractivity contribution in [3.8, 4) is 0 Å². The fraction of sp³-hybridized carbons (Fsp3) is 0.923. The molecular formula is C13H27NO2. The van der Waals surface area contributed by atoms with E-state index in [0.717, 1.165) is 26.1 Å². The van der Waals surface area contributed by atoms with Gasteiger partial charge in [0.15, 0.2) is 0 Å². The molecule has 0 fully saturated rings. The van der Waals surface area contributed by atoms with E-state index >= 15 is 0 Å². The number of carbonyl (C=O) groups excluding carboxylic acids is 1. The fourth-order valence-corrected chi connectivity index (χ4v) is 1.33. The van der Waals surface area contributed by atoms with E-state index in [-0.39, 0.29) is 11.4 Å². The van der Waals surface area contributed by atoms with E-state index in [4.69, 9.17) is 4.74 Å². The highest BCUT2D eigenvalue weighted by Gasteiger charge is 2.12. The van der Waals surface area contributed by atoms with Crippen LogP contribution >= 0.6 is 0 Å². The predicted octanol–water partition coefficient (Wildman–Crippen LogP) is 2.70. The molecule has 0 unspecified atom stereocenters. The molecule has 0 rings (SSSR count). The van der Waals surface area contributed by atoms with Gasteiger partial charge in [-0.2, -0.15) is 0 Å². The molecule has 0 amide bonds. The largest absolute Gasteiger partial charge is 0.466 e. The van der Waals surface area contributed by atoms with Crippen molar-refractivity contribution in [3.63, 3.8) is 0 Å². The lowest BCUT2D eigenvalue weighted by Crippen LogP contribution is -2.26. The van der Waals surface area contributed by atoms with Crippen LogP contribution in [0.5, 0.6) is 0 Å². The summed E-state index contributed by atoms with van der Waals surface area (Å²) in [7, 11) is 0. The van der Waals surface area contributed by atoms with Crippen LogP contribution in [0.4, 0.5) is 0 Å². The van der Waals surface area contributed by atoms with E-state index < -0.39 is 0 Å². The number of nitrogens with zero attached hydrogens (tertiary/aromatic N) is 1. The first-order chi connectivity index (χ1) is 7.39. The van der Waals surface area contributed by atoms with Crippen molar-refractivity contribution in [1.29, 1.82) is 0 Å². The zero-order chi connectivity index (χ0) is 12.6. The van der Waals surface area contributed by atoms with Crippen LogP contribution in [0, 0.1) is 5.41 Å². The first kappa shape index (κ1) is 15.4. The molecule has 0 aliphatic rings. The Morgan fingerprint density at radius 2 is 1.75 bits per heavy atom. The first-order valence-corrected chi connectivity index (χ1v) is 6.27. The lowest BCUT2D eigenvalue weighted by Gasteiger charge is -2.19. The molecule has 0 spiro atoms. The Bertz CT molecular complexity index is 193. The molecule has 0 aromatic rings. The number of hydrogen-bond donors (Lipinski definition) is 0. The summed E-state index contributed by atoms with van der Waals surface area (Å²) in [5, 5.41) is 0. The van der Waals surface area contributed by atoms with E-state index in [2.05, 4.69) is 39.5 Å². The molecule has 0 aromatic carbocycles. The normalized spacial score (nSPS) is 11.9. The van der Waals surface area contributed by atoms with Crippen molar-refractivity contribution in [1.82, 2.24) is 4.90 Å². The molecule has 0 aromatic heterocycles. The Kier molecular flexibility index (Phi) is 7.39. The third kappa shape index (κ3) is 8.72. The molecule has 16 heavy (non-hydrogen) atoms. The highest BCUT2D eigenvalue weighted by Crippen LogP contribution is 2.17. The minimum atomic E-state index is -0.0730. The summed E-state index contributed by atoms with van der Waals surface area (Å²) in [5.41, 5.74) is 0.235. The summed E-state index contributed by atoms with van der Waals surface area (Å²) in [4.78, 5) is 13.6. The minimum absolute atomic E-state index is 0.0730. The van der Waals surface area contributed by atoms with Crippen LogP contribution in [0.25, 0.3) is 0 Å². The smallest absolute Gasteiger partial charge is 0.307 e. The van der Waals surface area contributed by atoms with Crippen molar-refractivity contribution < 1.29 is 9.53 Å². The average Bonchev–Trinajstić information content (AvgIpc) is 2.17. The van der Waals surface area contributed by atoms with Gasteiger partial charge in [0.1, 0.15) is 0 Å². The lowest BCUT2D eigenvalue weighted by molar-refractivity contribution is -0.144. The SMILES string of the molecule is CCN(CC)CCC(=O)OCCC(C)(C)C. The Morgan fingerprint density at radius 1 is 1.19 bits per heavy atom. The topological polar surface area (TPSA) is 29.5 Å². The van der Waals surface area contributed by atoms with Gasteiger partial charge in [-0.05, 0) is 24.9 Å². The van der Waals surface area contributed by atoms with Gasteiger partial charge in [0.25, 0.3) is 0 Å². The van der Waals surface area contributed by atoms with Crippen molar-refractivity contribution in [3.05, 3.63) is 0 Å². The molecule has 3 nitrogen and oxygen atoms in total.